The summed E-state index contributed by atoms with van der Waals surface area (Å²) in [4.78, 5) is 45.5. The number of aliphatic hydroxyl groups excluding tert-OH is 3. The van der Waals surface area contributed by atoms with E-state index in [0.29, 0.717) is 16.8 Å². The summed E-state index contributed by atoms with van der Waals surface area (Å²) in [5.41, 5.74) is 1.37. The molecule has 0 amide bonds. The number of carbonyl (C=O) groups is 4. The third-order valence-corrected chi connectivity index (χ3v) is 6.87. The Bertz CT molecular complexity index is 1350. The van der Waals surface area contributed by atoms with Crippen molar-refractivity contribution in [3.05, 3.63) is 41.6 Å². The molecule has 0 unspecified atom stereocenters. The Morgan fingerprint density at radius 1 is 1.02 bits per heavy atom. The van der Waals surface area contributed by atoms with Crippen molar-refractivity contribution in [2.75, 3.05) is 6.61 Å². The number of nitrogens with zero attached hydrogens (tertiary/aromatic N) is 1. The Labute approximate surface area is 237 Å². The molecule has 1 aromatic rings. The van der Waals surface area contributed by atoms with E-state index in [1.165, 1.54) is 29.1 Å². The van der Waals surface area contributed by atoms with E-state index < -0.39 is 85.4 Å². The van der Waals surface area contributed by atoms with Gasteiger partial charge in [-0.1, -0.05) is 0 Å². The van der Waals surface area contributed by atoms with Crippen molar-refractivity contribution in [1.82, 2.24) is 5.32 Å². The number of hydrogen-bond acceptors (Lipinski definition) is 12. The van der Waals surface area contributed by atoms with E-state index in [0.717, 1.165) is 0 Å². The second-order valence-corrected chi connectivity index (χ2v) is 9.79. The van der Waals surface area contributed by atoms with Crippen LogP contribution in [0.5, 0.6) is 11.5 Å². The maximum absolute atomic E-state index is 12.0. The number of phenolic OH excluding ortho intramolecular Hbond substituents is 1. The molecule has 4 rings (SSSR count). The largest absolute Gasteiger partial charge is 0.504 e. The Balaban J connectivity index is 1.55. The van der Waals surface area contributed by atoms with Crippen molar-refractivity contribution >= 4 is 35.8 Å². The summed E-state index contributed by atoms with van der Waals surface area (Å²) in [7, 11) is 0. The summed E-state index contributed by atoms with van der Waals surface area (Å²) < 4.78 is 17.2. The van der Waals surface area contributed by atoms with Crippen LogP contribution >= 0.6 is 0 Å². The Kier molecular flexibility index (Phi) is 9.11. The molecule has 7 atom stereocenters. The van der Waals surface area contributed by atoms with Crippen LogP contribution in [-0.2, 0) is 35.1 Å². The summed E-state index contributed by atoms with van der Waals surface area (Å²) in [5, 5.41) is 72.0. The summed E-state index contributed by atoms with van der Waals surface area (Å²) in [6.07, 6.45) is -3.15. The number of hydrogen-bond donors (Lipinski definition) is 8. The molecular weight excluding hydrogens is 564 g/mol. The summed E-state index contributed by atoms with van der Waals surface area (Å²) >= 11 is 0. The van der Waals surface area contributed by atoms with E-state index in [2.05, 4.69) is 5.32 Å². The van der Waals surface area contributed by atoms with Gasteiger partial charge in [-0.2, -0.15) is 4.58 Å². The first-order chi connectivity index (χ1) is 19.8. The molecular formula is C26H29N2O14+. The monoisotopic (exact) mass is 593 g/mol. The van der Waals surface area contributed by atoms with Crippen molar-refractivity contribution in [3.8, 4) is 11.5 Å². The standard InChI is InChI=1S/C26H28N2O14/c29-16-8-14-12(6-15(25(38)39)28(14)4-2-11-1-3-27-13(5-11)24(36)37)7-17(16)41-26-23(35)22(34)21(33)18(42-26)10-40-20(32)9-19(30)31/h1-4,7-8,13,15,18,21-23,26,33-35H,5-6,9-10H2,(H4,29,30,31,36,37,38,39)/p+1/t13-,15-,18+,21+,22-,23+,26+/m0/s1. The summed E-state index contributed by atoms with van der Waals surface area (Å²) in [6.45, 7) is -0.674. The lowest BCUT2D eigenvalue weighted by atomic mass is 9.99. The molecule has 3 heterocycles. The number of rotatable bonds is 9. The predicted octanol–water partition coefficient (Wildman–Crippen LogP) is -1.79. The van der Waals surface area contributed by atoms with Gasteiger partial charge in [-0.15, -0.1) is 0 Å². The normalized spacial score (nSPS) is 30.4. The fourth-order valence-electron chi connectivity index (χ4n) is 4.68. The number of carboxylic acids is 3. The van der Waals surface area contributed by atoms with Crippen LogP contribution < -0.4 is 10.1 Å². The molecule has 0 aromatic heterocycles. The van der Waals surface area contributed by atoms with Gasteiger partial charge in [0.25, 0.3) is 6.04 Å². The third kappa shape index (κ3) is 6.68. The maximum atomic E-state index is 12.0. The minimum absolute atomic E-state index is 0.0201. The lowest BCUT2D eigenvalue weighted by Gasteiger charge is -2.39. The Hall–Kier alpha value is -4.51. The van der Waals surface area contributed by atoms with Crippen LogP contribution in [-0.4, -0.2) is 120 Å². The van der Waals surface area contributed by atoms with Crippen LogP contribution in [0.15, 0.2) is 36.1 Å². The molecule has 0 aliphatic carbocycles. The number of aliphatic carboxylic acids is 3. The Morgan fingerprint density at radius 3 is 2.43 bits per heavy atom. The molecule has 16 nitrogen and oxygen atoms in total. The van der Waals surface area contributed by atoms with E-state index in [1.54, 1.807) is 12.2 Å². The summed E-state index contributed by atoms with van der Waals surface area (Å²) in [6, 6.07) is 0.632. The van der Waals surface area contributed by atoms with Crippen LogP contribution in [0.1, 0.15) is 18.4 Å². The van der Waals surface area contributed by atoms with Gasteiger partial charge in [-0.25, -0.2) is 9.59 Å². The van der Waals surface area contributed by atoms with Gasteiger partial charge in [0, 0.05) is 18.1 Å². The van der Waals surface area contributed by atoms with Gasteiger partial charge in [-0.05, 0) is 23.9 Å². The van der Waals surface area contributed by atoms with Crippen LogP contribution in [0.2, 0.25) is 0 Å². The quantitative estimate of drug-likeness (QED) is 0.0894. The van der Waals surface area contributed by atoms with Gasteiger partial charge in [0.2, 0.25) is 12.0 Å². The number of phenols is 1. The molecule has 3 aliphatic heterocycles. The maximum Gasteiger partial charge on any atom is 0.373 e. The number of carboxylic acid groups (broad SMARTS) is 3. The van der Waals surface area contributed by atoms with E-state index in [9.17, 15) is 49.8 Å². The van der Waals surface area contributed by atoms with Crippen LogP contribution in [0.3, 0.4) is 0 Å². The number of aromatic hydroxyl groups is 1. The number of aliphatic hydroxyl groups is 3. The highest BCUT2D eigenvalue weighted by Crippen LogP contribution is 2.40. The molecule has 0 bridgehead atoms. The molecule has 0 saturated carbocycles. The van der Waals surface area contributed by atoms with Gasteiger partial charge in [-0.3, -0.25) is 9.59 Å². The Morgan fingerprint density at radius 2 is 1.76 bits per heavy atom. The first kappa shape index (κ1) is 30.4. The molecule has 16 heteroatoms. The zero-order chi connectivity index (χ0) is 30.7. The number of carbonyl (C=O) groups excluding carboxylic acids is 1. The van der Waals surface area contributed by atoms with Crippen LogP contribution in [0, 0.1) is 0 Å². The fourth-order valence-corrected chi connectivity index (χ4v) is 4.68. The molecule has 226 valence electrons. The smallest absolute Gasteiger partial charge is 0.373 e. The first-order valence-corrected chi connectivity index (χ1v) is 12.7. The van der Waals surface area contributed by atoms with E-state index >= 15 is 0 Å². The third-order valence-electron chi connectivity index (χ3n) is 6.87. The SMILES string of the molecule is O=C(O)CC(=O)OC[C@H]1O[C@@H](Oc2cc3c(cc2O)[N+](=CC=C2C=CN[C@H](C(=O)O)C2)[C@H](C(=O)O)C3)[C@H](O)[C@@H](O)[C@@H]1O. The number of nitrogens with one attached hydrogen (secondary N) is 1. The molecule has 0 radical (unpaired) electrons. The minimum Gasteiger partial charge on any atom is -0.504 e. The highest BCUT2D eigenvalue weighted by molar-refractivity contribution is 5.90. The molecule has 3 aliphatic rings. The van der Waals surface area contributed by atoms with Crippen LogP contribution in [0.4, 0.5) is 5.69 Å². The zero-order valence-electron chi connectivity index (χ0n) is 21.8. The molecule has 1 aromatic carbocycles. The van der Waals surface area contributed by atoms with Crippen molar-refractivity contribution in [1.29, 1.82) is 0 Å². The number of benzene rings is 1. The van der Waals surface area contributed by atoms with Crippen molar-refractivity contribution in [3.63, 3.8) is 0 Å². The predicted molar refractivity (Wildman–Crippen MR) is 136 cm³/mol. The van der Waals surface area contributed by atoms with E-state index in [1.807, 2.05) is 0 Å². The van der Waals surface area contributed by atoms with Gasteiger partial charge in [0.05, 0.1) is 12.5 Å². The van der Waals surface area contributed by atoms with E-state index in [4.69, 9.17) is 19.3 Å². The van der Waals surface area contributed by atoms with Gasteiger partial charge >= 0.3 is 23.9 Å². The highest BCUT2D eigenvalue weighted by Gasteiger charge is 2.46. The average molecular weight is 594 g/mol. The van der Waals surface area contributed by atoms with Crippen molar-refractivity contribution in [2.24, 2.45) is 0 Å². The second kappa shape index (κ2) is 12.6. The van der Waals surface area contributed by atoms with Gasteiger partial charge in [0.15, 0.2) is 17.7 Å². The molecule has 42 heavy (non-hydrogen) atoms. The van der Waals surface area contributed by atoms with E-state index in [-0.39, 0.29) is 18.6 Å². The van der Waals surface area contributed by atoms with Crippen LogP contribution in [0.25, 0.3) is 0 Å². The second-order valence-electron chi connectivity index (χ2n) is 9.79. The van der Waals surface area contributed by atoms with Gasteiger partial charge < -0.3 is 55.3 Å². The minimum atomic E-state index is -1.83. The lowest BCUT2D eigenvalue weighted by molar-refractivity contribution is -0.456. The molecule has 0 spiro atoms. The molecule has 8 N–H and O–H groups in total. The van der Waals surface area contributed by atoms with Crippen molar-refractivity contribution in [2.45, 2.75) is 62.1 Å². The first-order valence-electron chi connectivity index (χ1n) is 12.7. The summed E-state index contributed by atoms with van der Waals surface area (Å²) in [5.74, 6) is -5.53. The lowest BCUT2D eigenvalue weighted by Crippen LogP contribution is -2.60. The fraction of sp³-hybridized carbons (Fsp3) is 0.423. The van der Waals surface area contributed by atoms with Gasteiger partial charge in [0.1, 0.15) is 43.5 Å². The topological polar surface area (TPSA) is 253 Å². The molecule has 1 saturated heterocycles. The zero-order valence-corrected chi connectivity index (χ0v) is 21.8. The van der Waals surface area contributed by atoms with Crippen molar-refractivity contribution < 1.29 is 73.7 Å². The molecule has 1 fully saturated rings. The number of esters is 1. The number of allylic oxidation sites excluding steroid dienone is 2. The highest BCUT2D eigenvalue weighted by atomic mass is 16.7. The number of fused-ring (bicyclic) bond motifs is 1. The number of ether oxygens (including phenoxy) is 3. The average Bonchev–Trinajstić information content (AvgIpc) is 3.28.